The van der Waals surface area contributed by atoms with E-state index >= 15 is 0 Å². The average molecular weight is 329 g/mol. The molecule has 1 aromatic carbocycles. The highest BCUT2D eigenvalue weighted by molar-refractivity contribution is 9.10. The summed E-state index contributed by atoms with van der Waals surface area (Å²) in [7, 11) is 0. The van der Waals surface area contributed by atoms with Crippen LogP contribution in [-0.4, -0.2) is 11.4 Å². The van der Waals surface area contributed by atoms with E-state index < -0.39 is 5.60 Å². The van der Waals surface area contributed by atoms with Gasteiger partial charge in [-0.3, -0.25) is 4.79 Å². The first-order chi connectivity index (χ1) is 9.65. The molecule has 0 saturated heterocycles. The Kier molecular flexibility index (Phi) is 2.55. The van der Waals surface area contributed by atoms with E-state index in [4.69, 9.17) is 4.74 Å². The van der Waals surface area contributed by atoms with Crippen LogP contribution >= 0.6 is 15.9 Å². The Balaban J connectivity index is 1.76. The monoisotopic (exact) mass is 328 g/mol. The molecule has 0 bridgehead atoms. The number of ketones is 1. The van der Waals surface area contributed by atoms with Crippen molar-refractivity contribution in [3.05, 3.63) is 63.7 Å². The summed E-state index contributed by atoms with van der Waals surface area (Å²) in [5.74, 6) is 0.866. The zero-order valence-electron chi connectivity index (χ0n) is 10.9. The number of Topliss-reactive ketones (excluding diaryl/α,β-unsaturated/α-hetero) is 1. The smallest absolute Gasteiger partial charge is 0.170 e. The van der Waals surface area contributed by atoms with Gasteiger partial charge in [-0.25, -0.2) is 0 Å². The van der Waals surface area contributed by atoms with Gasteiger partial charge in [0.05, 0.1) is 12.0 Å². The lowest BCUT2D eigenvalue weighted by atomic mass is 9.89. The second-order valence-corrected chi connectivity index (χ2v) is 6.49. The summed E-state index contributed by atoms with van der Waals surface area (Å²) in [6, 6.07) is 5.65. The zero-order valence-corrected chi connectivity index (χ0v) is 12.4. The van der Waals surface area contributed by atoms with Crippen molar-refractivity contribution in [2.24, 2.45) is 0 Å². The van der Waals surface area contributed by atoms with Crippen LogP contribution in [0.15, 0.2) is 58.1 Å². The summed E-state index contributed by atoms with van der Waals surface area (Å²) in [6.45, 7) is 0. The average Bonchev–Trinajstić information content (AvgIpc) is 2.77. The van der Waals surface area contributed by atoms with E-state index in [0.717, 1.165) is 17.3 Å². The molecule has 1 unspecified atom stereocenters. The van der Waals surface area contributed by atoms with Gasteiger partial charge in [0, 0.05) is 10.9 Å². The van der Waals surface area contributed by atoms with Crippen LogP contribution in [0, 0.1) is 0 Å². The van der Waals surface area contributed by atoms with E-state index in [1.165, 1.54) is 11.1 Å². The summed E-state index contributed by atoms with van der Waals surface area (Å²) >= 11 is 3.41. The van der Waals surface area contributed by atoms with E-state index in [9.17, 15) is 4.79 Å². The minimum absolute atomic E-state index is 0.164. The van der Waals surface area contributed by atoms with Crippen LogP contribution in [0.1, 0.15) is 29.6 Å². The van der Waals surface area contributed by atoms with Gasteiger partial charge in [0.2, 0.25) is 0 Å². The number of fused-ring (bicyclic) bond motifs is 2. The van der Waals surface area contributed by atoms with Gasteiger partial charge in [0.15, 0.2) is 5.78 Å². The molecule has 20 heavy (non-hydrogen) atoms. The topological polar surface area (TPSA) is 26.3 Å². The zero-order chi connectivity index (χ0) is 13.7. The van der Waals surface area contributed by atoms with E-state index in [-0.39, 0.29) is 5.78 Å². The van der Waals surface area contributed by atoms with Crippen LogP contribution in [-0.2, 0) is 0 Å². The van der Waals surface area contributed by atoms with E-state index in [1.807, 2.05) is 18.2 Å². The molecule has 0 fully saturated rings. The maximum absolute atomic E-state index is 12.4. The minimum Gasteiger partial charge on any atom is -0.482 e. The molecule has 3 aliphatic rings. The lowest BCUT2D eigenvalue weighted by Crippen LogP contribution is -2.38. The Labute approximate surface area is 126 Å². The quantitative estimate of drug-likeness (QED) is 0.706. The lowest BCUT2D eigenvalue weighted by molar-refractivity contribution is 0.0686. The minimum atomic E-state index is -0.467. The van der Waals surface area contributed by atoms with Crippen molar-refractivity contribution < 1.29 is 9.53 Å². The van der Waals surface area contributed by atoms with Crippen molar-refractivity contribution >= 4 is 21.7 Å². The Hall–Kier alpha value is -1.61. The molecular weight excluding hydrogens is 316 g/mol. The second kappa shape index (κ2) is 4.19. The highest BCUT2D eigenvalue weighted by Crippen LogP contribution is 2.45. The normalized spacial score (nSPS) is 26.8. The van der Waals surface area contributed by atoms with E-state index in [1.54, 1.807) is 0 Å². The summed E-state index contributed by atoms with van der Waals surface area (Å²) in [4.78, 5) is 12.4. The number of rotatable bonds is 0. The number of halogens is 1. The number of hydrogen-bond donors (Lipinski definition) is 0. The van der Waals surface area contributed by atoms with Crippen LogP contribution in [0.5, 0.6) is 5.75 Å². The van der Waals surface area contributed by atoms with Gasteiger partial charge >= 0.3 is 0 Å². The molecule has 0 amide bonds. The molecule has 1 aliphatic heterocycles. The maximum atomic E-state index is 12.4. The molecule has 1 spiro atoms. The number of hydrogen-bond acceptors (Lipinski definition) is 2. The number of allylic oxidation sites excluding steroid dienone is 4. The molecule has 3 heteroatoms. The van der Waals surface area contributed by atoms with Gasteiger partial charge in [-0.05, 0) is 41.8 Å². The van der Waals surface area contributed by atoms with Gasteiger partial charge in [-0.1, -0.05) is 34.2 Å². The Morgan fingerprint density at radius 3 is 2.95 bits per heavy atom. The molecule has 2 nitrogen and oxygen atoms in total. The van der Waals surface area contributed by atoms with Crippen molar-refractivity contribution in [2.75, 3.05) is 0 Å². The molecule has 0 N–H and O–H groups in total. The molecular formula is C17H13BrO2. The molecule has 0 radical (unpaired) electrons. The van der Waals surface area contributed by atoms with Crippen molar-refractivity contribution in [3.8, 4) is 5.75 Å². The third-order valence-corrected chi connectivity index (χ3v) is 4.62. The fraction of sp³-hybridized carbons (Fsp3) is 0.235. The standard InChI is InChI=1S/C17H13BrO2/c18-13-5-6-16-14(7-13)15(19)10-17(20-16)8-11-3-1-2-4-12(11)9-17/h1-3,5-7,9H,4,8,10H2. The first-order valence-electron chi connectivity index (χ1n) is 6.75. The van der Waals surface area contributed by atoms with Gasteiger partial charge in [-0.15, -0.1) is 0 Å². The van der Waals surface area contributed by atoms with Gasteiger partial charge < -0.3 is 4.74 Å². The predicted octanol–water partition coefficient (Wildman–Crippen LogP) is 4.37. The SMILES string of the molecule is O=C1CC2(C=C3CC=CC=C3C2)Oc2ccc(Br)cc21. The Bertz CT molecular complexity index is 712. The molecule has 1 atom stereocenters. The van der Waals surface area contributed by atoms with Crippen molar-refractivity contribution in [1.82, 2.24) is 0 Å². The summed E-state index contributed by atoms with van der Waals surface area (Å²) in [5, 5.41) is 0. The van der Waals surface area contributed by atoms with Crippen LogP contribution in [0.25, 0.3) is 0 Å². The summed E-state index contributed by atoms with van der Waals surface area (Å²) < 4.78 is 7.12. The fourth-order valence-corrected chi connectivity index (χ4v) is 3.60. The molecule has 0 saturated carbocycles. The Morgan fingerprint density at radius 1 is 1.20 bits per heavy atom. The van der Waals surface area contributed by atoms with Crippen molar-refractivity contribution in [3.63, 3.8) is 0 Å². The van der Waals surface area contributed by atoms with E-state index in [0.29, 0.717) is 17.7 Å². The maximum Gasteiger partial charge on any atom is 0.170 e. The van der Waals surface area contributed by atoms with Gasteiger partial charge in [0.1, 0.15) is 11.4 Å². The largest absolute Gasteiger partial charge is 0.482 e. The number of benzene rings is 1. The molecule has 1 aromatic rings. The highest BCUT2D eigenvalue weighted by Gasteiger charge is 2.43. The van der Waals surface area contributed by atoms with Crippen LogP contribution in [0.3, 0.4) is 0 Å². The molecule has 4 rings (SSSR count). The Morgan fingerprint density at radius 2 is 2.10 bits per heavy atom. The summed E-state index contributed by atoms with van der Waals surface area (Å²) in [5.41, 5.74) is 2.83. The van der Waals surface area contributed by atoms with Crippen molar-refractivity contribution in [2.45, 2.75) is 24.9 Å². The number of carbonyl (C=O) groups excluding carboxylic acids is 1. The fourth-order valence-electron chi connectivity index (χ4n) is 3.24. The molecule has 0 aromatic heterocycles. The van der Waals surface area contributed by atoms with Crippen LogP contribution in [0.2, 0.25) is 0 Å². The highest BCUT2D eigenvalue weighted by atomic mass is 79.9. The third kappa shape index (κ3) is 1.80. The first kappa shape index (κ1) is 12.2. The van der Waals surface area contributed by atoms with E-state index in [2.05, 4.69) is 40.2 Å². The van der Waals surface area contributed by atoms with Crippen molar-refractivity contribution in [1.29, 1.82) is 0 Å². The van der Waals surface area contributed by atoms with Gasteiger partial charge in [-0.2, -0.15) is 0 Å². The van der Waals surface area contributed by atoms with Crippen LogP contribution < -0.4 is 4.74 Å². The number of carbonyl (C=O) groups is 1. The molecule has 2 aliphatic carbocycles. The number of ether oxygens (including phenoxy) is 1. The summed E-state index contributed by atoms with van der Waals surface area (Å²) in [6.07, 6.45) is 10.7. The molecule has 100 valence electrons. The van der Waals surface area contributed by atoms with Gasteiger partial charge in [0.25, 0.3) is 0 Å². The lowest BCUT2D eigenvalue weighted by Gasteiger charge is -2.33. The van der Waals surface area contributed by atoms with Crippen LogP contribution in [0.4, 0.5) is 0 Å². The second-order valence-electron chi connectivity index (χ2n) is 5.58. The third-order valence-electron chi connectivity index (χ3n) is 4.13. The first-order valence-corrected chi connectivity index (χ1v) is 7.54. The predicted molar refractivity (Wildman–Crippen MR) is 81.0 cm³/mol. The molecule has 1 heterocycles.